The fraction of sp³-hybridized carbons (Fsp3) is 0.333. The quantitative estimate of drug-likeness (QED) is 0.490. The van der Waals surface area contributed by atoms with Crippen LogP contribution in [0.5, 0.6) is 5.75 Å². The van der Waals surface area contributed by atoms with E-state index in [1.54, 1.807) is 61.6 Å². The molecule has 0 saturated heterocycles. The summed E-state index contributed by atoms with van der Waals surface area (Å²) in [5, 5.41) is 8.66. The minimum absolute atomic E-state index is 0.0218. The summed E-state index contributed by atoms with van der Waals surface area (Å²) in [6.07, 6.45) is 2.02. The Balaban J connectivity index is 1.68. The van der Waals surface area contributed by atoms with Crippen LogP contribution < -0.4 is 4.74 Å². The average molecular weight is 447 g/mol. The first-order valence-corrected chi connectivity index (χ1v) is 9.87. The second-order valence-electron chi connectivity index (χ2n) is 6.93. The normalized spacial score (nSPS) is 11.8. The van der Waals surface area contributed by atoms with Gasteiger partial charge in [-0.1, -0.05) is 11.6 Å². The fourth-order valence-corrected chi connectivity index (χ4v) is 2.82. The molecule has 9 nitrogen and oxygen atoms in total. The molecule has 0 aliphatic rings. The molecule has 0 spiro atoms. The van der Waals surface area contributed by atoms with E-state index in [2.05, 4.69) is 10.2 Å². The highest BCUT2D eigenvalue weighted by atomic mass is 35.5. The van der Waals surface area contributed by atoms with Crippen molar-refractivity contribution in [2.24, 2.45) is 14.1 Å². The van der Waals surface area contributed by atoms with E-state index >= 15 is 0 Å². The smallest absolute Gasteiger partial charge is 0.342 e. The van der Waals surface area contributed by atoms with Crippen molar-refractivity contribution < 1.29 is 23.8 Å². The van der Waals surface area contributed by atoms with Crippen molar-refractivity contribution in [3.8, 4) is 5.75 Å². The number of ether oxygens (including phenoxy) is 3. The summed E-state index contributed by atoms with van der Waals surface area (Å²) >= 11 is 5.89. The molecule has 0 bridgehead atoms. The molecule has 0 N–H and O–H groups in total. The molecule has 0 radical (unpaired) electrons. The highest BCUT2D eigenvalue weighted by Gasteiger charge is 2.23. The molecule has 0 saturated carbocycles. The number of benzene rings is 1. The lowest BCUT2D eigenvalue weighted by molar-refractivity contribution is -0.0136. The topological polar surface area (TPSA) is 97.5 Å². The fourth-order valence-electron chi connectivity index (χ4n) is 2.70. The van der Waals surface area contributed by atoms with Crippen molar-refractivity contribution in [2.75, 3.05) is 13.2 Å². The molecule has 3 aromatic rings. The van der Waals surface area contributed by atoms with Crippen LogP contribution in [0.25, 0.3) is 0 Å². The Morgan fingerprint density at radius 2 is 1.48 bits per heavy atom. The summed E-state index contributed by atoms with van der Waals surface area (Å²) in [6.45, 7) is 3.31. The summed E-state index contributed by atoms with van der Waals surface area (Å²) < 4.78 is 19.8. The van der Waals surface area contributed by atoms with Crippen molar-refractivity contribution in [1.29, 1.82) is 0 Å². The molecule has 0 unspecified atom stereocenters. The van der Waals surface area contributed by atoms with Crippen LogP contribution in [0.15, 0.2) is 36.7 Å². The van der Waals surface area contributed by atoms with Crippen LogP contribution in [0.1, 0.15) is 32.1 Å². The van der Waals surface area contributed by atoms with E-state index in [0.29, 0.717) is 33.3 Å². The molecule has 3 rings (SSSR count). The summed E-state index contributed by atoms with van der Waals surface area (Å²) in [7, 11) is 3.46. The van der Waals surface area contributed by atoms with Crippen molar-refractivity contribution >= 4 is 23.5 Å². The number of carbonyl (C=O) groups excluding carboxylic acids is 2. The number of nitrogens with zero attached hydrogens (tertiary/aromatic N) is 4. The van der Waals surface area contributed by atoms with Crippen LogP contribution in [0.3, 0.4) is 0 Å². The van der Waals surface area contributed by atoms with E-state index in [-0.39, 0.29) is 13.2 Å². The molecular weight excluding hydrogens is 424 g/mol. The Bertz CT molecular complexity index is 1070. The number of halogens is 1. The molecule has 0 aliphatic carbocycles. The Hall–Kier alpha value is -3.33. The lowest BCUT2D eigenvalue weighted by Crippen LogP contribution is -2.31. The molecule has 164 valence electrons. The van der Waals surface area contributed by atoms with Gasteiger partial charge in [0.05, 0.1) is 12.4 Å². The molecule has 10 heteroatoms. The number of aromatic nitrogens is 4. The van der Waals surface area contributed by atoms with Gasteiger partial charge in [-0.15, -0.1) is 0 Å². The number of hydrogen-bond acceptors (Lipinski definition) is 7. The molecule has 0 amide bonds. The maximum Gasteiger partial charge on any atom is 0.342 e. The second-order valence-corrected chi connectivity index (χ2v) is 7.36. The van der Waals surface area contributed by atoms with Crippen LogP contribution >= 0.6 is 11.6 Å². The maximum atomic E-state index is 12.6. The van der Waals surface area contributed by atoms with Crippen molar-refractivity contribution in [3.63, 3.8) is 0 Å². The van der Waals surface area contributed by atoms with Crippen LogP contribution in [0.2, 0.25) is 5.02 Å². The predicted molar refractivity (Wildman–Crippen MR) is 112 cm³/mol. The number of rotatable bonds is 8. The van der Waals surface area contributed by atoms with Gasteiger partial charge in [0.25, 0.3) is 0 Å². The molecule has 0 aliphatic heterocycles. The Kier molecular flexibility index (Phi) is 6.96. The summed E-state index contributed by atoms with van der Waals surface area (Å²) in [6, 6.07) is 6.75. The van der Waals surface area contributed by atoms with Gasteiger partial charge in [0.15, 0.2) is 6.10 Å². The monoisotopic (exact) mass is 446 g/mol. The minimum Gasteiger partial charge on any atom is -0.490 e. The molecule has 2 heterocycles. The van der Waals surface area contributed by atoms with Crippen molar-refractivity contribution in [2.45, 2.75) is 20.0 Å². The molecular formula is C21H23ClN4O5. The molecule has 0 fully saturated rings. The van der Waals surface area contributed by atoms with Gasteiger partial charge in [-0.2, -0.15) is 10.2 Å². The Morgan fingerprint density at radius 1 is 0.935 bits per heavy atom. The highest BCUT2D eigenvalue weighted by molar-refractivity contribution is 6.30. The first-order chi connectivity index (χ1) is 14.8. The lowest BCUT2D eigenvalue weighted by Gasteiger charge is -2.18. The number of esters is 2. The van der Waals surface area contributed by atoms with E-state index in [1.807, 2.05) is 0 Å². The van der Waals surface area contributed by atoms with Crippen LogP contribution in [-0.2, 0) is 23.6 Å². The average Bonchev–Trinajstić information content (AvgIpc) is 3.26. The van der Waals surface area contributed by atoms with E-state index in [9.17, 15) is 9.59 Å². The van der Waals surface area contributed by atoms with Crippen LogP contribution in [0.4, 0.5) is 0 Å². The van der Waals surface area contributed by atoms with Gasteiger partial charge in [0, 0.05) is 30.5 Å². The van der Waals surface area contributed by atoms with Gasteiger partial charge in [-0.05, 0) is 38.1 Å². The summed E-state index contributed by atoms with van der Waals surface area (Å²) in [5.41, 5.74) is 2.00. The zero-order valence-electron chi connectivity index (χ0n) is 17.7. The van der Waals surface area contributed by atoms with Gasteiger partial charge in [-0.25, -0.2) is 9.59 Å². The number of carbonyl (C=O) groups is 2. The summed E-state index contributed by atoms with van der Waals surface area (Å²) in [5.74, 6) is -0.600. The van der Waals surface area contributed by atoms with Gasteiger partial charge in [-0.3, -0.25) is 9.36 Å². The molecule has 1 aromatic carbocycles. The highest BCUT2D eigenvalue weighted by Crippen LogP contribution is 2.17. The number of hydrogen-bond donors (Lipinski definition) is 0. The standard InChI is InChI=1S/C21H23ClN4O5/c1-13-18(9-23-25(13)3)20(27)30-12-17(11-29-16-7-5-15(22)6-8-16)31-21(28)19-10-24-26(4)14(19)2/h5-10,17H,11-12H2,1-4H3/t17-/m0/s1. The van der Waals surface area contributed by atoms with Gasteiger partial charge in [0.2, 0.25) is 0 Å². The molecule has 31 heavy (non-hydrogen) atoms. The Labute approximate surface area is 184 Å². The first kappa shape index (κ1) is 22.4. The van der Waals surface area contributed by atoms with E-state index in [0.717, 1.165) is 0 Å². The van der Waals surface area contributed by atoms with E-state index < -0.39 is 18.0 Å². The molecule has 1 atom stereocenters. The minimum atomic E-state index is -0.844. The molecule has 2 aromatic heterocycles. The number of aryl methyl sites for hydroxylation is 2. The van der Waals surface area contributed by atoms with E-state index in [1.165, 1.54) is 12.4 Å². The lowest BCUT2D eigenvalue weighted by atomic mass is 10.2. The second kappa shape index (κ2) is 9.65. The largest absolute Gasteiger partial charge is 0.490 e. The SMILES string of the molecule is Cc1c(C(=O)OC[C@H](COc2ccc(Cl)cc2)OC(=O)c2cnn(C)c2C)cnn1C. The zero-order valence-corrected chi connectivity index (χ0v) is 18.4. The first-order valence-electron chi connectivity index (χ1n) is 9.50. The van der Waals surface area contributed by atoms with Crippen LogP contribution in [0, 0.1) is 13.8 Å². The Morgan fingerprint density at radius 3 is 2.00 bits per heavy atom. The van der Waals surface area contributed by atoms with Gasteiger partial charge < -0.3 is 14.2 Å². The van der Waals surface area contributed by atoms with Crippen molar-refractivity contribution in [1.82, 2.24) is 19.6 Å². The van der Waals surface area contributed by atoms with Gasteiger partial charge in [0.1, 0.15) is 30.1 Å². The third kappa shape index (κ3) is 5.43. The predicted octanol–water partition coefficient (Wildman–Crippen LogP) is 2.89. The summed E-state index contributed by atoms with van der Waals surface area (Å²) in [4.78, 5) is 25.0. The third-order valence-electron chi connectivity index (χ3n) is 4.83. The third-order valence-corrected chi connectivity index (χ3v) is 5.09. The maximum absolute atomic E-state index is 12.6. The van der Waals surface area contributed by atoms with Crippen LogP contribution in [-0.4, -0.2) is 50.8 Å². The van der Waals surface area contributed by atoms with Gasteiger partial charge >= 0.3 is 11.9 Å². The van der Waals surface area contributed by atoms with E-state index in [4.69, 9.17) is 25.8 Å². The zero-order chi connectivity index (χ0) is 22.5. The van der Waals surface area contributed by atoms with Crippen molar-refractivity contribution in [3.05, 3.63) is 64.2 Å².